The first-order valence-electron chi connectivity index (χ1n) is 5.91. The molecule has 2 aromatic rings. The van der Waals surface area contributed by atoms with Gasteiger partial charge in [0.15, 0.2) is 5.82 Å². The highest BCUT2D eigenvalue weighted by Crippen LogP contribution is 2.13. The largest absolute Gasteiger partial charge is 0.497 e. The van der Waals surface area contributed by atoms with Crippen LogP contribution in [0, 0.1) is 0 Å². The van der Waals surface area contributed by atoms with Crippen molar-refractivity contribution < 1.29 is 9.26 Å². The van der Waals surface area contributed by atoms with Crippen LogP contribution in [0.3, 0.4) is 0 Å². The lowest BCUT2D eigenvalue weighted by molar-refractivity contribution is 0.372. The van der Waals surface area contributed by atoms with Gasteiger partial charge in [-0.25, -0.2) is 0 Å². The second-order valence-corrected chi connectivity index (χ2v) is 3.98. The maximum Gasteiger partial charge on any atom is 0.227 e. The van der Waals surface area contributed by atoms with E-state index in [1.165, 1.54) is 5.56 Å². The van der Waals surface area contributed by atoms with Crippen LogP contribution in [0.2, 0.25) is 0 Å². The summed E-state index contributed by atoms with van der Waals surface area (Å²) in [5.41, 5.74) is 1.23. The summed E-state index contributed by atoms with van der Waals surface area (Å²) in [6.45, 7) is 0.631. The Morgan fingerprint density at radius 1 is 1.22 bits per heavy atom. The summed E-state index contributed by atoms with van der Waals surface area (Å²) in [6.07, 6.45) is 1.63. The third-order valence-corrected chi connectivity index (χ3v) is 2.63. The summed E-state index contributed by atoms with van der Waals surface area (Å²) >= 11 is 0. The Morgan fingerprint density at radius 2 is 2.00 bits per heavy atom. The molecule has 18 heavy (non-hydrogen) atoms. The Hall–Kier alpha value is -1.88. The first kappa shape index (κ1) is 12.6. The highest BCUT2D eigenvalue weighted by molar-refractivity contribution is 5.27. The number of ether oxygens (including phenoxy) is 1. The molecule has 0 saturated heterocycles. The fourth-order valence-electron chi connectivity index (χ4n) is 1.67. The molecule has 0 saturated carbocycles. The van der Waals surface area contributed by atoms with Gasteiger partial charge < -0.3 is 14.6 Å². The molecule has 0 bridgehead atoms. The van der Waals surface area contributed by atoms with E-state index in [9.17, 15) is 0 Å². The zero-order chi connectivity index (χ0) is 12.8. The van der Waals surface area contributed by atoms with Crippen LogP contribution in [0.4, 0.5) is 0 Å². The van der Waals surface area contributed by atoms with Gasteiger partial charge in [0.05, 0.1) is 13.7 Å². The Bertz CT molecular complexity index is 479. The number of hydrogen-bond donors (Lipinski definition) is 1. The average Bonchev–Trinajstić information content (AvgIpc) is 2.85. The normalized spacial score (nSPS) is 10.6. The van der Waals surface area contributed by atoms with Crippen molar-refractivity contribution in [2.24, 2.45) is 0 Å². The van der Waals surface area contributed by atoms with Crippen LogP contribution in [-0.2, 0) is 19.4 Å². The van der Waals surface area contributed by atoms with E-state index in [2.05, 4.69) is 15.5 Å². The molecule has 1 aromatic carbocycles. The first-order valence-corrected chi connectivity index (χ1v) is 5.91. The van der Waals surface area contributed by atoms with Crippen LogP contribution in [-0.4, -0.2) is 24.3 Å². The third-order valence-electron chi connectivity index (χ3n) is 2.63. The fraction of sp³-hybridized carbons (Fsp3) is 0.385. The predicted octanol–water partition coefficient (Wildman–Crippen LogP) is 1.58. The summed E-state index contributed by atoms with van der Waals surface area (Å²) in [4.78, 5) is 4.28. The van der Waals surface area contributed by atoms with Crippen LogP contribution in [0.1, 0.15) is 17.3 Å². The number of nitrogens with one attached hydrogen (secondary N) is 1. The molecule has 0 aliphatic carbocycles. The molecule has 0 unspecified atom stereocenters. The minimum Gasteiger partial charge on any atom is -0.497 e. The maximum absolute atomic E-state index is 5.16. The van der Waals surface area contributed by atoms with Crippen LogP contribution in [0.15, 0.2) is 28.8 Å². The first-order chi connectivity index (χ1) is 8.81. The van der Waals surface area contributed by atoms with E-state index in [-0.39, 0.29) is 0 Å². The molecular formula is C13H17N3O2. The van der Waals surface area contributed by atoms with Gasteiger partial charge in [0.25, 0.3) is 0 Å². The smallest absolute Gasteiger partial charge is 0.227 e. The molecule has 0 aliphatic rings. The SMILES string of the molecule is CNCc1noc(CCc2ccc(OC)cc2)n1. The molecular weight excluding hydrogens is 230 g/mol. The zero-order valence-corrected chi connectivity index (χ0v) is 10.6. The zero-order valence-electron chi connectivity index (χ0n) is 10.6. The Kier molecular flexibility index (Phi) is 4.30. The molecule has 96 valence electrons. The monoisotopic (exact) mass is 247 g/mol. The molecule has 5 heteroatoms. The van der Waals surface area contributed by atoms with Gasteiger partial charge in [-0.3, -0.25) is 0 Å². The molecule has 0 aliphatic heterocycles. The number of nitrogens with zero attached hydrogens (tertiary/aromatic N) is 2. The van der Waals surface area contributed by atoms with Crippen LogP contribution >= 0.6 is 0 Å². The molecule has 0 fully saturated rings. The van der Waals surface area contributed by atoms with E-state index in [1.807, 2.05) is 31.3 Å². The molecule has 0 atom stereocenters. The number of hydrogen-bond acceptors (Lipinski definition) is 5. The topological polar surface area (TPSA) is 60.2 Å². The van der Waals surface area contributed by atoms with Crippen molar-refractivity contribution in [2.75, 3.05) is 14.2 Å². The van der Waals surface area contributed by atoms with Crippen molar-refractivity contribution in [3.8, 4) is 5.75 Å². The van der Waals surface area contributed by atoms with Gasteiger partial charge in [0, 0.05) is 6.42 Å². The Labute approximate surface area is 106 Å². The van der Waals surface area contributed by atoms with E-state index in [0.29, 0.717) is 18.3 Å². The highest BCUT2D eigenvalue weighted by atomic mass is 16.5. The molecule has 0 spiro atoms. The second kappa shape index (κ2) is 6.16. The van der Waals surface area contributed by atoms with Crippen molar-refractivity contribution >= 4 is 0 Å². The lowest BCUT2D eigenvalue weighted by Crippen LogP contribution is -2.06. The lowest BCUT2D eigenvalue weighted by Gasteiger charge is -2.01. The summed E-state index contributed by atoms with van der Waals surface area (Å²) in [5, 5.41) is 6.86. The van der Waals surface area contributed by atoms with Crippen molar-refractivity contribution in [3.05, 3.63) is 41.5 Å². The van der Waals surface area contributed by atoms with Gasteiger partial charge in [-0.1, -0.05) is 17.3 Å². The standard InChI is InChI=1S/C13H17N3O2/c1-14-9-12-15-13(18-16-12)8-5-10-3-6-11(17-2)7-4-10/h3-4,6-7,14H,5,8-9H2,1-2H3. The van der Waals surface area contributed by atoms with Gasteiger partial charge in [-0.15, -0.1) is 0 Å². The quantitative estimate of drug-likeness (QED) is 0.839. The number of methoxy groups -OCH3 is 1. The Balaban J connectivity index is 1.89. The van der Waals surface area contributed by atoms with Crippen molar-refractivity contribution in [1.82, 2.24) is 15.5 Å². The van der Waals surface area contributed by atoms with Crippen molar-refractivity contribution in [3.63, 3.8) is 0 Å². The molecule has 2 rings (SSSR count). The molecule has 1 aromatic heterocycles. The number of benzene rings is 1. The Morgan fingerprint density at radius 3 is 2.67 bits per heavy atom. The van der Waals surface area contributed by atoms with Gasteiger partial charge in [0.1, 0.15) is 5.75 Å². The van der Waals surface area contributed by atoms with Crippen LogP contribution in [0.25, 0.3) is 0 Å². The molecule has 0 amide bonds. The summed E-state index contributed by atoms with van der Waals surface area (Å²) in [5.74, 6) is 2.24. The summed E-state index contributed by atoms with van der Waals surface area (Å²) < 4.78 is 10.3. The molecule has 5 nitrogen and oxygen atoms in total. The number of rotatable bonds is 6. The van der Waals surface area contributed by atoms with Crippen LogP contribution in [0.5, 0.6) is 5.75 Å². The van der Waals surface area contributed by atoms with Gasteiger partial charge in [-0.2, -0.15) is 4.98 Å². The van der Waals surface area contributed by atoms with Gasteiger partial charge >= 0.3 is 0 Å². The summed E-state index contributed by atoms with van der Waals surface area (Å²) in [7, 11) is 3.52. The van der Waals surface area contributed by atoms with Gasteiger partial charge in [-0.05, 0) is 31.2 Å². The molecule has 1 N–H and O–H groups in total. The number of aromatic nitrogens is 2. The van der Waals surface area contributed by atoms with Crippen molar-refractivity contribution in [2.45, 2.75) is 19.4 Å². The van der Waals surface area contributed by atoms with Crippen molar-refractivity contribution in [1.29, 1.82) is 0 Å². The van der Waals surface area contributed by atoms with E-state index >= 15 is 0 Å². The lowest BCUT2D eigenvalue weighted by atomic mass is 10.1. The third kappa shape index (κ3) is 3.30. The molecule has 0 radical (unpaired) electrons. The summed E-state index contributed by atoms with van der Waals surface area (Å²) in [6, 6.07) is 8.00. The predicted molar refractivity (Wildman–Crippen MR) is 67.5 cm³/mol. The minimum absolute atomic E-state index is 0.631. The van der Waals surface area contributed by atoms with E-state index in [1.54, 1.807) is 7.11 Å². The molecule has 1 heterocycles. The highest BCUT2D eigenvalue weighted by Gasteiger charge is 2.05. The van der Waals surface area contributed by atoms with E-state index in [0.717, 1.165) is 18.6 Å². The second-order valence-electron chi connectivity index (χ2n) is 3.98. The average molecular weight is 247 g/mol. The van der Waals surface area contributed by atoms with Gasteiger partial charge in [0.2, 0.25) is 5.89 Å². The van der Waals surface area contributed by atoms with Crippen LogP contribution < -0.4 is 10.1 Å². The van der Waals surface area contributed by atoms with E-state index in [4.69, 9.17) is 9.26 Å². The van der Waals surface area contributed by atoms with E-state index < -0.39 is 0 Å². The maximum atomic E-state index is 5.16. The fourth-order valence-corrected chi connectivity index (χ4v) is 1.67. The number of aryl methyl sites for hydroxylation is 2. The minimum atomic E-state index is 0.631.